The van der Waals surface area contributed by atoms with E-state index in [1.165, 1.54) is 41.2 Å². The summed E-state index contributed by atoms with van der Waals surface area (Å²) in [6.07, 6.45) is 2.68. The number of nitrogens with zero attached hydrogens (tertiary/aromatic N) is 2. The first-order valence-electron chi connectivity index (χ1n) is 12.0. The largest absolute Gasteiger partial charge is 0.376 e. The molecule has 1 aliphatic rings. The highest BCUT2D eigenvalue weighted by atomic mass is 32.2. The normalized spacial score (nSPS) is 15.7. The Morgan fingerprint density at radius 3 is 2.57 bits per heavy atom. The van der Waals surface area contributed by atoms with Crippen LogP contribution in [0, 0.1) is 5.82 Å². The number of nitrogens with one attached hydrogen (secondary N) is 1. The molecule has 1 unspecified atom stereocenters. The molecule has 1 fully saturated rings. The van der Waals surface area contributed by atoms with Crippen LogP contribution >= 0.6 is 11.3 Å². The van der Waals surface area contributed by atoms with Crippen molar-refractivity contribution in [2.75, 3.05) is 22.8 Å². The first-order chi connectivity index (χ1) is 17.8. The van der Waals surface area contributed by atoms with Crippen LogP contribution in [-0.2, 0) is 21.2 Å². The number of fused-ring (bicyclic) bond motifs is 1. The summed E-state index contributed by atoms with van der Waals surface area (Å²) in [5.74, 6) is -0.758. The zero-order valence-electron chi connectivity index (χ0n) is 20.2. The van der Waals surface area contributed by atoms with Crippen molar-refractivity contribution in [1.82, 2.24) is 4.98 Å². The number of carbonyl (C=O) groups excluding carboxylic acids is 1. The van der Waals surface area contributed by atoms with Gasteiger partial charge in [-0.05, 0) is 85.5 Å². The number of rotatable bonds is 8. The van der Waals surface area contributed by atoms with Gasteiger partial charge in [0.25, 0.3) is 15.9 Å². The number of hydrogen-bond acceptors (Lipinski definition) is 6. The summed E-state index contributed by atoms with van der Waals surface area (Å²) < 4.78 is 47.7. The van der Waals surface area contributed by atoms with E-state index in [-0.39, 0.29) is 16.9 Å². The van der Waals surface area contributed by atoms with Gasteiger partial charge in [0.1, 0.15) is 5.82 Å². The zero-order chi connectivity index (χ0) is 26.0. The molecule has 4 aromatic rings. The lowest BCUT2D eigenvalue weighted by atomic mass is 10.1. The van der Waals surface area contributed by atoms with E-state index in [1.807, 2.05) is 12.1 Å². The summed E-state index contributed by atoms with van der Waals surface area (Å²) in [5, 5.41) is 0.602. The second-order valence-corrected chi connectivity index (χ2v) is 11.5. The minimum atomic E-state index is -3.90. The maximum absolute atomic E-state index is 13.6. The van der Waals surface area contributed by atoms with Crippen LogP contribution in [0.25, 0.3) is 10.2 Å². The molecule has 3 aromatic carbocycles. The molecule has 0 spiro atoms. The summed E-state index contributed by atoms with van der Waals surface area (Å²) in [7, 11) is -3.90. The van der Waals surface area contributed by atoms with Crippen LogP contribution in [0.5, 0.6) is 0 Å². The van der Waals surface area contributed by atoms with E-state index < -0.39 is 15.8 Å². The number of aromatic nitrogens is 1. The van der Waals surface area contributed by atoms with E-state index in [0.717, 1.165) is 41.6 Å². The number of hydrogen-bond donors (Lipinski definition) is 1. The molecule has 0 bridgehead atoms. The summed E-state index contributed by atoms with van der Waals surface area (Å²) in [4.78, 5) is 20.0. The van der Waals surface area contributed by atoms with Gasteiger partial charge in [-0.2, -0.15) is 0 Å². The average Bonchev–Trinajstić information content (AvgIpc) is 3.56. The minimum absolute atomic E-state index is 0.0566. The van der Waals surface area contributed by atoms with Gasteiger partial charge in [0.05, 0.1) is 27.8 Å². The van der Waals surface area contributed by atoms with Crippen molar-refractivity contribution in [3.63, 3.8) is 0 Å². The van der Waals surface area contributed by atoms with E-state index in [1.54, 1.807) is 17.0 Å². The van der Waals surface area contributed by atoms with Crippen molar-refractivity contribution in [2.45, 2.75) is 37.2 Å². The molecule has 1 aromatic heterocycles. The molecule has 0 saturated carbocycles. The topological polar surface area (TPSA) is 88.6 Å². The number of sulfonamides is 1. The van der Waals surface area contributed by atoms with E-state index in [9.17, 15) is 17.6 Å². The van der Waals surface area contributed by atoms with Crippen LogP contribution in [0.4, 0.5) is 15.2 Å². The highest BCUT2D eigenvalue weighted by Gasteiger charge is 2.27. The standard InChI is InChI=1S/C27H26FN3O4S2/c1-2-18-5-14-24-25(16-18)36-27(29-24)31(17-22-4-3-15-35-22)26(32)19-6-10-21(11-7-19)30-37(33,34)23-12-8-20(28)9-13-23/h5-14,16,22,30H,2-4,15,17H2,1H3. The fraction of sp³-hybridized carbons (Fsp3) is 0.259. The average molecular weight is 540 g/mol. The first kappa shape index (κ1) is 25.3. The summed E-state index contributed by atoms with van der Waals surface area (Å²) in [5.41, 5.74) is 2.74. The lowest BCUT2D eigenvalue weighted by molar-refractivity contribution is 0.0917. The number of aryl methyl sites for hydroxylation is 1. The monoisotopic (exact) mass is 539 g/mol. The molecule has 0 aliphatic carbocycles. The lowest BCUT2D eigenvalue weighted by Crippen LogP contribution is -2.37. The molecule has 37 heavy (non-hydrogen) atoms. The van der Waals surface area contributed by atoms with Crippen LogP contribution in [0.15, 0.2) is 71.6 Å². The molecule has 7 nitrogen and oxygen atoms in total. The van der Waals surface area contributed by atoms with Gasteiger partial charge in [-0.15, -0.1) is 0 Å². The molecule has 1 aliphatic heterocycles. The van der Waals surface area contributed by atoms with Crippen molar-refractivity contribution >= 4 is 48.3 Å². The quantitative estimate of drug-likeness (QED) is 0.314. The van der Waals surface area contributed by atoms with Crippen LogP contribution in [0.1, 0.15) is 35.7 Å². The van der Waals surface area contributed by atoms with E-state index in [4.69, 9.17) is 9.72 Å². The highest BCUT2D eigenvalue weighted by molar-refractivity contribution is 7.92. The third kappa shape index (κ3) is 5.66. The van der Waals surface area contributed by atoms with E-state index in [2.05, 4.69) is 17.7 Å². The third-order valence-corrected chi connectivity index (χ3v) is 8.68. The van der Waals surface area contributed by atoms with Gasteiger partial charge < -0.3 is 4.74 Å². The zero-order valence-corrected chi connectivity index (χ0v) is 21.8. The maximum Gasteiger partial charge on any atom is 0.261 e. The Morgan fingerprint density at radius 1 is 1.14 bits per heavy atom. The molecule has 1 atom stereocenters. The summed E-state index contributed by atoms with van der Waals surface area (Å²) in [6.45, 7) is 3.16. The van der Waals surface area contributed by atoms with E-state index >= 15 is 0 Å². The number of thiazole rings is 1. The Hall–Kier alpha value is -3.34. The summed E-state index contributed by atoms with van der Waals surface area (Å²) >= 11 is 1.47. The van der Waals surface area contributed by atoms with Gasteiger partial charge in [-0.3, -0.25) is 14.4 Å². The van der Waals surface area contributed by atoms with Crippen LogP contribution in [-0.4, -0.2) is 38.6 Å². The second-order valence-electron chi connectivity index (χ2n) is 8.84. The molecular weight excluding hydrogens is 513 g/mol. The van der Waals surface area contributed by atoms with Crippen molar-refractivity contribution < 1.29 is 22.3 Å². The molecule has 10 heteroatoms. The summed E-state index contributed by atoms with van der Waals surface area (Å²) in [6, 6.07) is 16.9. The predicted octanol–water partition coefficient (Wildman–Crippen LogP) is 5.62. The van der Waals surface area contributed by atoms with Crippen molar-refractivity contribution in [2.24, 2.45) is 0 Å². The van der Waals surface area contributed by atoms with E-state index in [0.29, 0.717) is 29.5 Å². The SMILES string of the molecule is CCc1ccc2nc(N(CC3CCCO3)C(=O)c3ccc(NS(=O)(=O)c4ccc(F)cc4)cc3)sc2c1. The molecular formula is C27H26FN3O4S2. The number of anilines is 2. The number of ether oxygens (including phenoxy) is 1. The number of halogens is 1. The molecule has 192 valence electrons. The van der Waals surface area contributed by atoms with Gasteiger partial charge in [0.2, 0.25) is 0 Å². The predicted molar refractivity (Wildman–Crippen MR) is 143 cm³/mol. The van der Waals surface area contributed by atoms with Gasteiger partial charge in [-0.1, -0.05) is 24.3 Å². The minimum Gasteiger partial charge on any atom is -0.376 e. The number of benzene rings is 3. The van der Waals surface area contributed by atoms with Crippen molar-refractivity contribution in [1.29, 1.82) is 0 Å². The Bertz CT molecular complexity index is 1510. The van der Waals surface area contributed by atoms with Crippen molar-refractivity contribution in [3.05, 3.63) is 83.7 Å². The lowest BCUT2D eigenvalue weighted by Gasteiger charge is -2.23. The van der Waals surface area contributed by atoms with Gasteiger partial charge in [-0.25, -0.2) is 17.8 Å². The molecule has 5 rings (SSSR count). The smallest absolute Gasteiger partial charge is 0.261 e. The second kappa shape index (κ2) is 10.6. The molecule has 0 radical (unpaired) electrons. The maximum atomic E-state index is 13.6. The number of amides is 1. The van der Waals surface area contributed by atoms with Gasteiger partial charge >= 0.3 is 0 Å². The first-order valence-corrected chi connectivity index (χ1v) is 14.3. The van der Waals surface area contributed by atoms with Crippen LogP contribution in [0.2, 0.25) is 0 Å². The Labute approximate surface area is 219 Å². The van der Waals surface area contributed by atoms with Gasteiger partial charge in [0, 0.05) is 17.9 Å². The van der Waals surface area contributed by atoms with Crippen LogP contribution < -0.4 is 9.62 Å². The highest BCUT2D eigenvalue weighted by Crippen LogP contribution is 2.32. The number of carbonyl (C=O) groups is 1. The molecule has 1 saturated heterocycles. The fourth-order valence-corrected chi connectivity index (χ4v) is 6.29. The fourth-order valence-electron chi connectivity index (χ4n) is 4.20. The Morgan fingerprint density at radius 2 is 1.89 bits per heavy atom. The Balaban J connectivity index is 1.39. The Kier molecular flexibility index (Phi) is 7.23. The van der Waals surface area contributed by atoms with Gasteiger partial charge in [0.15, 0.2) is 5.13 Å². The van der Waals surface area contributed by atoms with Crippen LogP contribution in [0.3, 0.4) is 0 Å². The molecule has 1 N–H and O–H groups in total. The molecule has 2 heterocycles. The third-order valence-electron chi connectivity index (χ3n) is 6.24. The molecule has 1 amide bonds. The van der Waals surface area contributed by atoms with Crippen molar-refractivity contribution in [3.8, 4) is 0 Å².